The average Bonchev–Trinajstić information content (AvgIpc) is 3.50. The van der Waals surface area contributed by atoms with Gasteiger partial charge in [-0.3, -0.25) is 4.79 Å². The van der Waals surface area contributed by atoms with E-state index in [1.54, 1.807) is 11.3 Å². The number of nitrogens with one attached hydrogen (secondary N) is 1. The second-order valence-corrected chi connectivity index (χ2v) is 9.54. The first-order valence-electron chi connectivity index (χ1n) is 11.1. The summed E-state index contributed by atoms with van der Waals surface area (Å²) in [4.78, 5) is 36.9. The minimum atomic E-state index is -0.635. The van der Waals surface area contributed by atoms with Crippen LogP contribution in [0.15, 0.2) is 53.0 Å². The highest BCUT2D eigenvalue weighted by Gasteiger charge is 2.20. The zero-order valence-corrected chi connectivity index (χ0v) is 21.6. The molecule has 11 heteroatoms. The highest BCUT2D eigenvalue weighted by atomic mass is 32.2. The molecule has 4 rings (SSSR count). The first-order valence-corrected chi connectivity index (χ1v) is 13.0. The lowest BCUT2D eigenvalue weighted by Crippen LogP contribution is -2.18. The summed E-state index contributed by atoms with van der Waals surface area (Å²) in [5.41, 5.74) is 1.50. The summed E-state index contributed by atoms with van der Waals surface area (Å²) in [5.74, 6) is -0.811. The van der Waals surface area contributed by atoms with Gasteiger partial charge in [-0.25, -0.2) is 9.59 Å². The molecule has 0 aliphatic rings. The quantitative estimate of drug-likeness (QED) is 0.244. The van der Waals surface area contributed by atoms with Gasteiger partial charge in [0.25, 0.3) is 0 Å². The van der Waals surface area contributed by atoms with E-state index in [1.165, 1.54) is 48.9 Å². The number of anilines is 1. The largest absolute Gasteiger partial charge is 0.465 e. The van der Waals surface area contributed by atoms with Gasteiger partial charge in [0.05, 0.1) is 36.8 Å². The molecule has 1 amide bonds. The monoisotopic (exact) mass is 524 g/mol. The van der Waals surface area contributed by atoms with Crippen LogP contribution in [0.4, 0.5) is 5.69 Å². The number of carbonyl (C=O) groups is 3. The van der Waals surface area contributed by atoms with Gasteiger partial charge < -0.3 is 19.4 Å². The highest BCUT2D eigenvalue weighted by molar-refractivity contribution is 7.99. The maximum absolute atomic E-state index is 12.8. The molecule has 2 aromatic heterocycles. The number of hydrogen-bond donors (Lipinski definition) is 1. The van der Waals surface area contributed by atoms with Crippen LogP contribution in [0.3, 0.4) is 0 Å². The van der Waals surface area contributed by atoms with Crippen molar-refractivity contribution >= 4 is 56.7 Å². The third kappa shape index (κ3) is 5.26. The van der Waals surface area contributed by atoms with Gasteiger partial charge in [0, 0.05) is 27.6 Å². The maximum atomic E-state index is 12.8. The summed E-state index contributed by atoms with van der Waals surface area (Å²) in [7, 11) is 2.50. The van der Waals surface area contributed by atoms with Gasteiger partial charge in [0.15, 0.2) is 11.0 Å². The lowest BCUT2D eigenvalue weighted by molar-refractivity contribution is -0.113. The minimum absolute atomic E-state index is 0.0231. The van der Waals surface area contributed by atoms with Crippen molar-refractivity contribution in [3.63, 3.8) is 0 Å². The summed E-state index contributed by atoms with van der Waals surface area (Å²) in [5, 5.41) is 15.3. The van der Waals surface area contributed by atoms with Gasteiger partial charge in [-0.15, -0.1) is 21.5 Å². The molecule has 0 aliphatic heterocycles. The Balaban J connectivity index is 1.54. The number of nitrogens with zero attached hydrogens (tertiary/aromatic N) is 3. The summed E-state index contributed by atoms with van der Waals surface area (Å²) in [6.07, 6.45) is 0.871. The molecule has 0 radical (unpaired) electrons. The molecule has 0 spiro atoms. The van der Waals surface area contributed by atoms with E-state index in [0.717, 1.165) is 23.2 Å². The van der Waals surface area contributed by atoms with Crippen molar-refractivity contribution in [2.75, 3.05) is 25.3 Å². The number of carbonyl (C=O) groups excluding carboxylic acids is 3. The van der Waals surface area contributed by atoms with Crippen molar-refractivity contribution in [3.8, 4) is 11.4 Å². The normalized spacial score (nSPS) is 10.9. The number of aromatic nitrogens is 3. The molecule has 0 aliphatic carbocycles. The topological polar surface area (TPSA) is 112 Å². The van der Waals surface area contributed by atoms with E-state index in [9.17, 15) is 14.4 Å². The molecule has 0 fully saturated rings. The van der Waals surface area contributed by atoms with Gasteiger partial charge >= 0.3 is 11.9 Å². The van der Waals surface area contributed by atoms with Gasteiger partial charge in [0.2, 0.25) is 5.91 Å². The molecular weight excluding hydrogens is 500 g/mol. The molecule has 9 nitrogen and oxygen atoms in total. The van der Waals surface area contributed by atoms with E-state index >= 15 is 0 Å². The molecule has 4 aromatic rings. The van der Waals surface area contributed by atoms with E-state index in [0.29, 0.717) is 11.7 Å². The highest BCUT2D eigenvalue weighted by Crippen LogP contribution is 2.34. The fourth-order valence-electron chi connectivity index (χ4n) is 3.67. The van der Waals surface area contributed by atoms with Crippen molar-refractivity contribution in [1.82, 2.24) is 14.8 Å². The van der Waals surface area contributed by atoms with E-state index in [-0.39, 0.29) is 28.5 Å². The molecule has 2 aromatic carbocycles. The number of ether oxygens (including phenoxy) is 2. The van der Waals surface area contributed by atoms with Crippen molar-refractivity contribution in [3.05, 3.63) is 59.0 Å². The summed E-state index contributed by atoms with van der Waals surface area (Å²) in [6, 6.07) is 12.4. The summed E-state index contributed by atoms with van der Waals surface area (Å²) < 4.78 is 12.7. The second kappa shape index (κ2) is 11.4. The Morgan fingerprint density at radius 3 is 2.58 bits per heavy atom. The van der Waals surface area contributed by atoms with Crippen LogP contribution in [0.2, 0.25) is 0 Å². The SMILES string of the molecule is CCCn1c(SCC(=O)Nc2cc(C(=O)OC)ccc2C(=O)OC)nnc1-c1csc2ccccc12. The molecular formula is C25H24N4O5S2. The van der Waals surface area contributed by atoms with Crippen LogP contribution in [0.5, 0.6) is 0 Å². The van der Waals surface area contributed by atoms with Crippen molar-refractivity contribution in [1.29, 1.82) is 0 Å². The standard InChI is InChI=1S/C25H24N4O5S2/c1-4-11-29-22(18-13-35-20-8-6-5-7-16(18)20)27-28-25(29)36-14-21(30)26-19-12-15(23(31)33-2)9-10-17(19)24(32)34-3/h5-10,12-13H,4,11,14H2,1-3H3,(H,26,30). The number of hydrogen-bond acceptors (Lipinski definition) is 9. The summed E-state index contributed by atoms with van der Waals surface area (Å²) >= 11 is 2.90. The molecule has 0 atom stereocenters. The first kappa shape index (κ1) is 25.4. The van der Waals surface area contributed by atoms with E-state index in [2.05, 4.69) is 40.0 Å². The number of benzene rings is 2. The van der Waals surface area contributed by atoms with Gasteiger partial charge in [0.1, 0.15) is 0 Å². The van der Waals surface area contributed by atoms with Gasteiger partial charge in [-0.05, 0) is 30.7 Å². The van der Waals surface area contributed by atoms with E-state index in [1.807, 2.05) is 16.7 Å². The number of methoxy groups -OCH3 is 2. The molecule has 0 saturated carbocycles. The minimum Gasteiger partial charge on any atom is -0.465 e. The molecule has 1 N–H and O–H groups in total. The molecule has 2 heterocycles. The number of thioether (sulfide) groups is 1. The van der Waals surface area contributed by atoms with Crippen LogP contribution in [0.25, 0.3) is 21.5 Å². The van der Waals surface area contributed by atoms with Gasteiger partial charge in [-0.2, -0.15) is 0 Å². The average molecular weight is 525 g/mol. The van der Waals surface area contributed by atoms with Crippen LogP contribution < -0.4 is 5.32 Å². The van der Waals surface area contributed by atoms with Crippen LogP contribution in [-0.4, -0.2) is 52.6 Å². The third-order valence-electron chi connectivity index (χ3n) is 5.34. The molecule has 0 saturated heterocycles. The van der Waals surface area contributed by atoms with E-state index < -0.39 is 11.9 Å². The Kier molecular flexibility index (Phi) is 8.01. The predicted molar refractivity (Wildman–Crippen MR) is 140 cm³/mol. The Bertz CT molecular complexity index is 1430. The zero-order valence-electron chi connectivity index (χ0n) is 19.9. The Hall–Kier alpha value is -3.70. The Morgan fingerprint density at radius 2 is 1.83 bits per heavy atom. The lowest BCUT2D eigenvalue weighted by Gasteiger charge is -2.12. The van der Waals surface area contributed by atoms with Crippen LogP contribution >= 0.6 is 23.1 Å². The maximum Gasteiger partial charge on any atom is 0.339 e. The smallest absolute Gasteiger partial charge is 0.339 e. The fraction of sp³-hybridized carbons (Fsp3) is 0.240. The second-order valence-electron chi connectivity index (χ2n) is 7.68. The lowest BCUT2D eigenvalue weighted by atomic mass is 10.1. The number of fused-ring (bicyclic) bond motifs is 1. The van der Waals surface area contributed by atoms with Crippen molar-refractivity contribution in [2.24, 2.45) is 0 Å². The van der Waals surface area contributed by atoms with Gasteiger partial charge in [-0.1, -0.05) is 36.9 Å². The van der Waals surface area contributed by atoms with Crippen molar-refractivity contribution in [2.45, 2.75) is 25.0 Å². The number of amides is 1. The molecule has 0 bridgehead atoms. The van der Waals surface area contributed by atoms with Crippen molar-refractivity contribution < 1.29 is 23.9 Å². The molecule has 36 heavy (non-hydrogen) atoms. The molecule has 0 unspecified atom stereocenters. The van der Waals surface area contributed by atoms with E-state index in [4.69, 9.17) is 9.47 Å². The predicted octanol–water partition coefficient (Wildman–Crippen LogP) is 4.87. The molecule has 186 valence electrons. The Labute approximate surface area is 215 Å². The first-order chi connectivity index (χ1) is 17.5. The third-order valence-corrected chi connectivity index (χ3v) is 7.27. The Morgan fingerprint density at radius 1 is 1.06 bits per heavy atom. The fourth-order valence-corrected chi connectivity index (χ4v) is 5.37. The van der Waals surface area contributed by atoms with Crippen LogP contribution in [-0.2, 0) is 20.8 Å². The zero-order chi connectivity index (χ0) is 25.7. The number of esters is 2. The number of rotatable bonds is 9. The number of thiophene rings is 1. The summed E-state index contributed by atoms with van der Waals surface area (Å²) in [6.45, 7) is 2.77. The van der Waals surface area contributed by atoms with Crippen LogP contribution in [0.1, 0.15) is 34.1 Å². The van der Waals surface area contributed by atoms with Crippen LogP contribution in [0, 0.1) is 0 Å².